The Balaban J connectivity index is 1.35. The Bertz CT molecular complexity index is 1670. The molecule has 0 fully saturated rings. The highest BCUT2D eigenvalue weighted by Gasteiger charge is 2.27. The molecule has 0 aliphatic rings. The molecule has 4 aromatic carbocycles. The fourth-order valence-electron chi connectivity index (χ4n) is 3.88. The van der Waals surface area contributed by atoms with Crippen molar-refractivity contribution in [3.8, 4) is 11.5 Å². The lowest BCUT2D eigenvalue weighted by Gasteiger charge is -2.24. The van der Waals surface area contributed by atoms with Crippen molar-refractivity contribution in [3.05, 3.63) is 114 Å². The highest BCUT2D eigenvalue weighted by atomic mass is 32.2. The molecular weight excluding hydrogens is 568 g/mol. The number of hydrazone groups is 1. The van der Waals surface area contributed by atoms with Crippen molar-refractivity contribution in [2.75, 3.05) is 29.9 Å². The van der Waals surface area contributed by atoms with Gasteiger partial charge in [-0.15, -0.1) is 0 Å². The summed E-state index contributed by atoms with van der Waals surface area (Å²) in [5, 5.41) is 6.73. The predicted molar refractivity (Wildman–Crippen MR) is 166 cm³/mol. The van der Waals surface area contributed by atoms with Crippen molar-refractivity contribution >= 4 is 39.4 Å². The van der Waals surface area contributed by atoms with E-state index in [-0.39, 0.29) is 17.4 Å². The summed E-state index contributed by atoms with van der Waals surface area (Å²) in [7, 11) is -2.55. The third kappa shape index (κ3) is 8.66. The Hall–Kier alpha value is -5.16. The molecule has 43 heavy (non-hydrogen) atoms. The van der Waals surface area contributed by atoms with Crippen molar-refractivity contribution in [1.29, 1.82) is 0 Å². The predicted octanol–water partition coefficient (Wildman–Crippen LogP) is 4.68. The number of nitrogens with zero attached hydrogens (tertiary/aromatic N) is 2. The maximum absolute atomic E-state index is 13.5. The van der Waals surface area contributed by atoms with E-state index in [0.29, 0.717) is 28.4 Å². The minimum absolute atomic E-state index is 0.0557. The molecule has 2 N–H and O–H groups in total. The molecule has 11 heteroatoms. The van der Waals surface area contributed by atoms with Gasteiger partial charge in [0, 0.05) is 5.69 Å². The summed E-state index contributed by atoms with van der Waals surface area (Å²) < 4.78 is 38.7. The summed E-state index contributed by atoms with van der Waals surface area (Å²) in [6.07, 6.45) is 1.41. The molecule has 0 unspecified atom stereocenters. The molecule has 0 aliphatic heterocycles. The lowest BCUT2D eigenvalue weighted by atomic mass is 10.2. The van der Waals surface area contributed by atoms with E-state index >= 15 is 0 Å². The van der Waals surface area contributed by atoms with Crippen LogP contribution in [-0.2, 0) is 19.6 Å². The minimum atomic E-state index is -4.06. The Morgan fingerprint density at radius 1 is 0.791 bits per heavy atom. The second-order valence-corrected chi connectivity index (χ2v) is 11.5. The molecule has 0 saturated heterocycles. The first-order valence-corrected chi connectivity index (χ1v) is 14.7. The van der Waals surface area contributed by atoms with Crippen LogP contribution < -0.4 is 24.5 Å². The SMILES string of the molecule is COc1ccc(N(CC(=O)N/N=C\c2ccc(OCC(=O)Nc3ccc(C)cc3)cc2)S(=O)(=O)c2ccc(C)cc2)cc1. The molecule has 0 radical (unpaired) electrons. The van der Waals surface area contributed by atoms with Gasteiger partial charge in [-0.3, -0.25) is 13.9 Å². The number of amides is 2. The molecule has 0 atom stereocenters. The topological polar surface area (TPSA) is 126 Å². The van der Waals surface area contributed by atoms with Gasteiger partial charge >= 0.3 is 0 Å². The molecule has 4 rings (SSSR count). The number of methoxy groups -OCH3 is 1. The zero-order valence-electron chi connectivity index (χ0n) is 24.0. The molecule has 0 bridgehead atoms. The molecule has 2 amide bonds. The molecule has 0 spiro atoms. The maximum atomic E-state index is 13.5. The van der Waals surface area contributed by atoms with Crippen LogP contribution >= 0.6 is 0 Å². The second kappa shape index (κ2) is 14.1. The Morgan fingerprint density at radius 2 is 1.37 bits per heavy atom. The Morgan fingerprint density at radius 3 is 1.98 bits per heavy atom. The number of sulfonamides is 1. The molecule has 222 valence electrons. The summed E-state index contributed by atoms with van der Waals surface area (Å²) >= 11 is 0. The third-order valence-corrected chi connectivity index (χ3v) is 8.03. The normalized spacial score (nSPS) is 11.1. The number of hydrogen-bond acceptors (Lipinski definition) is 7. The molecule has 10 nitrogen and oxygen atoms in total. The number of rotatable bonds is 12. The number of anilines is 2. The molecule has 4 aromatic rings. The van der Waals surface area contributed by atoms with Crippen LogP contribution in [0.5, 0.6) is 11.5 Å². The van der Waals surface area contributed by atoms with E-state index in [1.807, 2.05) is 38.1 Å². The van der Waals surface area contributed by atoms with Crippen LogP contribution in [-0.4, -0.2) is 46.7 Å². The van der Waals surface area contributed by atoms with Crippen molar-refractivity contribution in [2.24, 2.45) is 5.10 Å². The van der Waals surface area contributed by atoms with Gasteiger partial charge in [-0.25, -0.2) is 13.8 Å². The molecular formula is C32H32N4O6S. The number of benzene rings is 4. The minimum Gasteiger partial charge on any atom is -0.497 e. The van der Waals surface area contributed by atoms with E-state index in [4.69, 9.17) is 9.47 Å². The van der Waals surface area contributed by atoms with E-state index in [1.54, 1.807) is 60.7 Å². The van der Waals surface area contributed by atoms with E-state index in [1.165, 1.54) is 25.5 Å². The van der Waals surface area contributed by atoms with Crippen LogP contribution in [0.2, 0.25) is 0 Å². The molecule has 0 aliphatic carbocycles. The van der Waals surface area contributed by atoms with E-state index < -0.39 is 22.5 Å². The van der Waals surface area contributed by atoms with Crippen LogP contribution in [0, 0.1) is 13.8 Å². The lowest BCUT2D eigenvalue weighted by molar-refractivity contribution is -0.119. The zero-order chi connectivity index (χ0) is 30.8. The standard InChI is InChI=1S/C32H32N4O6S/c1-23-4-10-26(11-5-23)34-32(38)22-42-29-14-8-25(9-15-29)20-33-35-31(37)21-36(27-12-16-28(41-3)17-13-27)43(39,40)30-18-6-24(2)7-19-30/h4-20H,21-22H2,1-3H3,(H,34,38)(H,35,37)/b33-20-. The van der Waals surface area contributed by atoms with Crippen LogP contribution in [0.1, 0.15) is 16.7 Å². The number of aryl methyl sites for hydroxylation is 2. The van der Waals surface area contributed by atoms with Gasteiger partial charge in [-0.2, -0.15) is 5.10 Å². The Labute approximate surface area is 251 Å². The van der Waals surface area contributed by atoms with Crippen LogP contribution in [0.3, 0.4) is 0 Å². The number of carbonyl (C=O) groups excluding carboxylic acids is 2. The summed E-state index contributed by atoms with van der Waals surface area (Å²) in [4.78, 5) is 25.0. The van der Waals surface area contributed by atoms with Crippen molar-refractivity contribution in [1.82, 2.24) is 5.43 Å². The quantitative estimate of drug-likeness (QED) is 0.180. The van der Waals surface area contributed by atoms with Crippen LogP contribution in [0.4, 0.5) is 11.4 Å². The maximum Gasteiger partial charge on any atom is 0.264 e. The first kappa shape index (κ1) is 30.8. The fourth-order valence-corrected chi connectivity index (χ4v) is 5.30. The summed E-state index contributed by atoms with van der Waals surface area (Å²) in [5.74, 6) is 0.108. The summed E-state index contributed by atoms with van der Waals surface area (Å²) in [5.41, 5.74) is 6.02. The number of hydrogen-bond donors (Lipinski definition) is 2. The summed E-state index contributed by atoms with van der Waals surface area (Å²) in [6, 6.07) is 27.0. The van der Waals surface area contributed by atoms with Crippen molar-refractivity contribution in [3.63, 3.8) is 0 Å². The van der Waals surface area contributed by atoms with Gasteiger partial charge in [0.15, 0.2) is 6.61 Å². The smallest absolute Gasteiger partial charge is 0.264 e. The second-order valence-electron chi connectivity index (χ2n) is 9.59. The van der Waals surface area contributed by atoms with Gasteiger partial charge in [0.25, 0.3) is 21.8 Å². The highest BCUT2D eigenvalue weighted by molar-refractivity contribution is 7.92. The van der Waals surface area contributed by atoms with Crippen LogP contribution in [0.15, 0.2) is 107 Å². The third-order valence-electron chi connectivity index (χ3n) is 6.24. The van der Waals surface area contributed by atoms with Gasteiger partial charge < -0.3 is 14.8 Å². The fraction of sp³-hybridized carbons (Fsp3) is 0.156. The largest absolute Gasteiger partial charge is 0.497 e. The molecule has 0 heterocycles. The van der Waals surface area contributed by atoms with Crippen molar-refractivity contribution in [2.45, 2.75) is 18.7 Å². The van der Waals surface area contributed by atoms with Gasteiger partial charge in [0.05, 0.1) is 23.9 Å². The first-order valence-electron chi connectivity index (χ1n) is 13.3. The lowest BCUT2D eigenvalue weighted by Crippen LogP contribution is -2.39. The molecule has 0 saturated carbocycles. The van der Waals surface area contributed by atoms with Gasteiger partial charge in [0.1, 0.15) is 18.0 Å². The van der Waals surface area contributed by atoms with E-state index in [2.05, 4.69) is 15.8 Å². The van der Waals surface area contributed by atoms with E-state index in [9.17, 15) is 18.0 Å². The first-order chi connectivity index (χ1) is 20.6. The molecule has 0 aromatic heterocycles. The van der Waals surface area contributed by atoms with E-state index in [0.717, 1.165) is 15.4 Å². The number of ether oxygens (including phenoxy) is 2. The summed E-state index contributed by atoms with van der Waals surface area (Å²) in [6.45, 7) is 3.16. The number of nitrogens with one attached hydrogen (secondary N) is 2. The average molecular weight is 601 g/mol. The Kier molecular flexibility index (Phi) is 10.1. The van der Waals surface area contributed by atoms with Gasteiger partial charge in [-0.1, -0.05) is 35.4 Å². The monoisotopic (exact) mass is 600 g/mol. The number of carbonyl (C=O) groups is 2. The van der Waals surface area contributed by atoms with Gasteiger partial charge in [-0.05, 0) is 92.2 Å². The average Bonchev–Trinajstić information content (AvgIpc) is 3.01. The van der Waals surface area contributed by atoms with Crippen molar-refractivity contribution < 1.29 is 27.5 Å². The van der Waals surface area contributed by atoms with Gasteiger partial charge in [0.2, 0.25) is 0 Å². The zero-order valence-corrected chi connectivity index (χ0v) is 24.8. The van der Waals surface area contributed by atoms with Crippen LogP contribution in [0.25, 0.3) is 0 Å². The highest BCUT2D eigenvalue weighted by Crippen LogP contribution is 2.26.